The highest BCUT2D eigenvalue weighted by Crippen LogP contribution is 2.22. The summed E-state index contributed by atoms with van der Waals surface area (Å²) in [6.07, 6.45) is 0. The van der Waals surface area contributed by atoms with Crippen molar-refractivity contribution in [1.29, 1.82) is 0 Å². The van der Waals surface area contributed by atoms with Crippen LogP contribution in [0.4, 0.5) is 11.4 Å². The standard InChI is InChI=1S/C23H19Cl2N3O2S/c1-13-3-9-18(14(2)11-13)21(29)28-23(31)27-17-7-5-16(6-8-17)26-22(30)19-10-4-15(24)12-20(19)25/h3-12H,1-2H3,(H,26,30)(H2,27,28,29,31). The van der Waals surface area contributed by atoms with Gasteiger partial charge in [0.1, 0.15) is 0 Å². The highest BCUT2D eigenvalue weighted by atomic mass is 35.5. The minimum Gasteiger partial charge on any atom is -0.332 e. The molecule has 0 radical (unpaired) electrons. The third-order valence-electron chi connectivity index (χ3n) is 4.43. The van der Waals surface area contributed by atoms with E-state index in [0.717, 1.165) is 11.1 Å². The Bertz CT molecular complexity index is 1160. The number of amides is 2. The Hall–Kier alpha value is -2.93. The first-order chi connectivity index (χ1) is 14.7. The molecule has 0 bridgehead atoms. The van der Waals surface area contributed by atoms with Gasteiger partial charge in [0.2, 0.25) is 0 Å². The molecular formula is C23H19Cl2N3O2S. The summed E-state index contributed by atoms with van der Waals surface area (Å²) in [4.78, 5) is 24.8. The van der Waals surface area contributed by atoms with E-state index in [2.05, 4.69) is 16.0 Å². The highest BCUT2D eigenvalue weighted by molar-refractivity contribution is 7.80. The van der Waals surface area contributed by atoms with Crippen molar-refractivity contribution in [2.24, 2.45) is 0 Å². The molecule has 5 nitrogen and oxygen atoms in total. The number of hydrogen-bond acceptors (Lipinski definition) is 3. The van der Waals surface area contributed by atoms with Crippen molar-refractivity contribution in [3.8, 4) is 0 Å². The van der Waals surface area contributed by atoms with E-state index in [9.17, 15) is 9.59 Å². The van der Waals surface area contributed by atoms with Gasteiger partial charge in [-0.15, -0.1) is 0 Å². The van der Waals surface area contributed by atoms with E-state index in [1.54, 1.807) is 42.5 Å². The van der Waals surface area contributed by atoms with Gasteiger partial charge in [0.15, 0.2) is 5.11 Å². The topological polar surface area (TPSA) is 70.2 Å². The third kappa shape index (κ3) is 6.04. The number of halogens is 2. The number of thiocarbonyl (C=S) groups is 1. The van der Waals surface area contributed by atoms with E-state index in [0.29, 0.717) is 27.5 Å². The number of rotatable bonds is 4. The first-order valence-electron chi connectivity index (χ1n) is 9.29. The maximum Gasteiger partial charge on any atom is 0.257 e. The minimum absolute atomic E-state index is 0.176. The maximum atomic E-state index is 12.4. The molecule has 0 saturated carbocycles. The molecule has 31 heavy (non-hydrogen) atoms. The smallest absolute Gasteiger partial charge is 0.257 e. The van der Waals surface area contributed by atoms with Crippen molar-refractivity contribution < 1.29 is 9.59 Å². The summed E-state index contributed by atoms with van der Waals surface area (Å²) in [7, 11) is 0. The number of carbonyl (C=O) groups excluding carboxylic acids is 2. The average Bonchev–Trinajstić information content (AvgIpc) is 2.69. The fraction of sp³-hybridized carbons (Fsp3) is 0.0870. The van der Waals surface area contributed by atoms with E-state index in [-0.39, 0.29) is 21.9 Å². The van der Waals surface area contributed by atoms with E-state index in [1.807, 2.05) is 26.0 Å². The number of hydrogen-bond donors (Lipinski definition) is 3. The van der Waals surface area contributed by atoms with Gasteiger partial charge in [-0.1, -0.05) is 40.9 Å². The Kier molecular flexibility index (Phi) is 7.28. The molecule has 0 aliphatic carbocycles. The van der Waals surface area contributed by atoms with Gasteiger partial charge in [-0.05, 0) is 80.2 Å². The molecule has 158 valence electrons. The second-order valence-electron chi connectivity index (χ2n) is 6.88. The Morgan fingerprint density at radius 1 is 0.774 bits per heavy atom. The third-order valence-corrected chi connectivity index (χ3v) is 5.18. The normalized spacial score (nSPS) is 10.3. The molecule has 0 aromatic heterocycles. The van der Waals surface area contributed by atoms with E-state index >= 15 is 0 Å². The van der Waals surface area contributed by atoms with Crippen molar-refractivity contribution in [3.05, 3.63) is 93.0 Å². The second-order valence-corrected chi connectivity index (χ2v) is 8.13. The summed E-state index contributed by atoms with van der Waals surface area (Å²) >= 11 is 17.2. The lowest BCUT2D eigenvalue weighted by Crippen LogP contribution is -2.34. The molecular weight excluding hydrogens is 453 g/mol. The fourth-order valence-corrected chi connectivity index (χ4v) is 3.61. The first-order valence-corrected chi connectivity index (χ1v) is 10.5. The Balaban J connectivity index is 1.59. The van der Waals surface area contributed by atoms with Crippen LogP contribution in [0.1, 0.15) is 31.8 Å². The van der Waals surface area contributed by atoms with E-state index in [4.69, 9.17) is 35.4 Å². The molecule has 3 rings (SSSR count). The quantitative estimate of drug-likeness (QED) is 0.408. The zero-order valence-electron chi connectivity index (χ0n) is 16.8. The summed E-state index contributed by atoms with van der Waals surface area (Å²) in [5.41, 5.74) is 4.08. The summed E-state index contributed by atoms with van der Waals surface area (Å²) in [6, 6.07) is 17.1. The molecule has 2 amide bonds. The van der Waals surface area contributed by atoms with Crippen LogP contribution in [0.3, 0.4) is 0 Å². The Labute approximate surface area is 195 Å². The highest BCUT2D eigenvalue weighted by Gasteiger charge is 2.12. The van der Waals surface area contributed by atoms with Crippen LogP contribution in [-0.4, -0.2) is 16.9 Å². The SMILES string of the molecule is Cc1ccc(C(=O)NC(=S)Nc2ccc(NC(=O)c3ccc(Cl)cc3Cl)cc2)c(C)c1. The van der Waals surface area contributed by atoms with Crippen LogP contribution < -0.4 is 16.0 Å². The van der Waals surface area contributed by atoms with Crippen LogP contribution >= 0.6 is 35.4 Å². The zero-order valence-corrected chi connectivity index (χ0v) is 19.1. The molecule has 0 saturated heterocycles. The Morgan fingerprint density at radius 2 is 1.39 bits per heavy atom. The molecule has 8 heteroatoms. The fourth-order valence-electron chi connectivity index (χ4n) is 2.91. The molecule has 0 unspecified atom stereocenters. The molecule has 3 N–H and O–H groups in total. The predicted octanol–water partition coefficient (Wildman–Crippen LogP) is 5.99. The molecule has 3 aromatic carbocycles. The van der Waals surface area contributed by atoms with Crippen molar-refractivity contribution >= 4 is 63.7 Å². The largest absolute Gasteiger partial charge is 0.332 e. The van der Waals surface area contributed by atoms with Crippen molar-refractivity contribution in [2.75, 3.05) is 10.6 Å². The summed E-state index contributed by atoms with van der Waals surface area (Å²) in [5, 5.41) is 9.29. The number of aryl methyl sites for hydroxylation is 2. The molecule has 0 spiro atoms. The van der Waals surface area contributed by atoms with E-state index < -0.39 is 0 Å². The number of anilines is 2. The second kappa shape index (κ2) is 9.92. The maximum absolute atomic E-state index is 12.4. The van der Waals surface area contributed by atoms with Crippen LogP contribution in [0.5, 0.6) is 0 Å². The first kappa shape index (κ1) is 22.7. The van der Waals surface area contributed by atoms with Gasteiger partial charge in [-0.3, -0.25) is 14.9 Å². The lowest BCUT2D eigenvalue weighted by molar-refractivity contribution is 0.0975. The molecule has 0 aliphatic heterocycles. The van der Waals surface area contributed by atoms with Crippen LogP contribution in [-0.2, 0) is 0 Å². The molecule has 0 fully saturated rings. The molecule has 0 aliphatic rings. The van der Waals surface area contributed by atoms with Crippen molar-refractivity contribution in [3.63, 3.8) is 0 Å². The molecule has 3 aromatic rings. The number of benzene rings is 3. The van der Waals surface area contributed by atoms with Gasteiger partial charge < -0.3 is 10.6 Å². The summed E-state index contributed by atoms with van der Waals surface area (Å²) in [5.74, 6) is -0.627. The van der Waals surface area contributed by atoms with Gasteiger partial charge in [-0.2, -0.15) is 0 Å². The Morgan fingerprint density at radius 3 is 2.00 bits per heavy atom. The van der Waals surface area contributed by atoms with Crippen LogP contribution in [0.15, 0.2) is 60.7 Å². The number of carbonyl (C=O) groups is 2. The molecule has 0 atom stereocenters. The zero-order chi connectivity index (χ0) is 22.5. The van der Waals surface area contributed by atoms with Gasteiger partial charge in [-0.25, -0.2) is 0 Å². The lowest BCUT2D eigenvalue weighted by Gasteiger charge is -2.12. The summed E-state index contributed by atoms with van der Waals surface area (Å²) in [6.45, 7) is 3.85. The predicted molar refractivity (Wildman–Crippen MR) is 130 cm³/mol. The minimum atomic E-state index is -0.348. The van der Waals surface area contributed by atoms with Crippen LogP contribution in [0, 0.1) is 13.8 Å². The van der Waals surface area contributed by atoms with Crippen molar-refractivity contribution in [2.45, 2.75) is 13.8 Å². The van der Waals surface area contributed by atoms with Crippen molar-refractivity contribution in [1.82, 2.24) is 5.32 Å². The van der Waals surface area contributed by atoms with Gasteiger partial charge >= 0.3 is 0 Å². The number of nitrogens with one attached hydrogen (secondary N) is 3. The van der Waals surface area contributed by atoms with Gasteiger partial charge in [0, 0.05) is 22.0 Å². The van der Waals surface area contributed by atoms with Gasteiger partial charge in [0.05, 0.1) is 10.6 Å². The van der Waals surface area contributed by atoms with Crippen LogP contribution in [0.2, 0.25) is 10.0 Å². The monoisotopic (exact) mass is 471 g/mol. The van der Waals surface area contributed by atoms with E-state index in [1.165, 1.54) is 6.07 Å². The molecule has 0 heterocycles. The van der Waals surface area contributed by atoms with Gasteiger partial charge in [0.25, 0.3) is 11.8 Å². The van der Waals surface area contributed by atoms with Crippen LogP contribution in [0.25, 0.3) is 0 Å². The summed E-state index contributed by atoms with van der Waals surface area (Å²) < 4.78 is 0. The lowest BCUT2D eigenvalue weighted by atomic mass is 10.1. The average molecular weight is 472 g/mol.